The molecule has 1 saturated heterocycles. The highest BCUT2D eigenvalue weighted by Gasteiger charge is 2.49. The lowest BCUT2D eigenvalue weighted by atomic mass is 9.67. The molecule has 0 bridgehead atoms. The molecule has 0 spiro atoms. The van der Waals surface area contributed by atoms with Crippen LogP contribution < -0.4 is 16.2 Å². The van der Waals surface area contributed by atoms with E-state index >= 15 is 0 Å². The quantitative estimate of drug-likeness (QED) is 0.699. The van der Waals surface area contributed by atoms with Gasteiger partial charge in [-0.05, 0) is 47.3 Å². The topological polar surface area (TPSA) is 74.0 Å². The molecule has 0 aromatic carbocycles. The second kappa shape index (κ2) is 7.81. The minimum absolute atomic E-state index is 0. The van der Waals surface area contributed by atoms with Crippen LogP contribution in [-0.2, 0) is 4.79 Å². The lowest BCUT2D eigenvalue weighted by Crippen LogP contribution is -2.45. The summed E-state index contributed by atoms with van der Waals surface area (Å²) in [7, 11) is 0. The Hall–Kier alpha value is -0.560. The average Bonchev–Trinajstić information content (AvgIpc) is 2.88. The van der Waals surface area contributed by atoms with Gasteiger partial charge in [-0.2, -0.15) is 0 Å². The van der Waals surface area contributed by atoms with Crippen LogP contribution in [0.3, 0.4) is 0 Å². The summed E-state index contributed by atoms with van der Waals surface area (Å²) in [5, 5.41) is 6.17. The molecule has 22 heavy (non-hydrogen) atoms. The van der Waals surface area contributed by atoms with Crippen LogP contribution >= 0.6 is 40.7 Å². The van der Waals surface area contributed by atoms with Crippen molar-refractivity contribution in [2.45, 2.75) is 25.7 Å². The van der Waals surface area contributed by atoms with Crippen molar-refractivity contribution >= 4 is 52.3 Å². The third kappa shape index (κ3) is 3.50. The van der Waals surface area contributed by atoms with Crippen LogP contribution in [0, 0.1) is 11.3 Å². The van der Waals surface area contributed by atoms with E-state index in [9.17, 15) is 9.59 Å². The van der Waals surface area contributed by atoms with Gasteiger partial charge < -0.3 is 15.6 Å². The Kier molecular flexibility index (Phi) is 6.92. The molecule has 1 aromatic rings. The lowest BCUT2D eigenvalue weighted by Gasteiger charge is -2.36. The highest BCUT2D eigenvalue weighted by molar-refractivity contribution is 9.10. The zero-order valence-corrected chi connectivity index (χ0v) is 15.2. The van der Waals surface area contributed by atoms with E-state index in [-0.39, 0.29) is 41.7 Å². The fourth-order valence-electron chi connectivity index (χ4n) is 3.49. The molecule has 3 N–H and O–H groups in total. The van der Waals surface area contributed by atoms with Crippen LogP contribution in [0.4, 0.5) is 5.69 Å². The number of fused-ring (bicyclic) bond motifs is 1. The molecule has 2 atom stereocenters. The van der Waals surface area contributed by atoms with E-state index < -0.39 is 0 Å². The molecule has 3 rings (SSSR count). The number of H-pyrrole nitrogens is 1. The van der Waals surface area contributed by atoms with Gasteiger partial charge in [0, 0.05) is 17.2 Å². The molecule has 124 valence electrons. The maximum atomic E-state index is 12.7. The predicted molar refractivity (Wildman–Crippen MR) is 95.1 cm³/mol. The molecule has 2 aliphatic rings. The third-order valence-corrected chi connectivity index (χ3v) is 5.06. The summed E-state index contributed by atoms with van der Waals surface area (Å²) in [5.41, 5.74) is -0.293. The SMILES string of the molecule is Cl.Cl.O=C(Nc1cc(Br)c[nH]c1=O)[C@@]12CCCC[C@H]1CNC2. The molecule has 2 heterocycles. The molecule has 8 heteroatoms. The number of aromatic amines is 1. The minimum Gasteiger partial charge on any atom is -0.326 e. The Bertz CT molecular complexity index is 596. The van der Waals surface area contributed by atoms with E-state index in [0.29, 0.717) is 11.6 Å². The first-order chi connectivity index (χ1) is 9.62. The van der Waals surface area contributed by atoms with E-state index in [2.05, 4.69) is 31.5 Å². The number of amides is 1. The van der Waals surface area contributed by atoms with Crippen LogP contribution in [0.5, 0.6) is 0 Å². The summed E-state index contributed by atoms with van der Waals surface area (Å²) in [6.07, 6.45) is 5.84. The Morgan fingerprint density at radius 3 is 2.91 bits per heavy atom. The van der Waals surface area contributed by atoms with Gasteiger partial charge in [0.05, 0.1) is 5.41 Å². The zero-order chi connectivity index (χ0) is 14.2. The van der Waals surface area contributed by atoms with Crippen molar-refractivity contribution in [3.8, 4) is 0 Å². The van der Waals surface area contributed by atoms with E-state index in [4.69, 9.17) is 0 Å². The monoisotopic (exact) mass is 411 g/mol. The van der Waals surface area contributed by atoms with Crippen molar-refractivity contribution in [3.63, 3.8) is 0 Å². The Labute approximate surface area is 150 Å². The van der Waals surface area contributed by atoms with E-state index in [1.807, 2.05) is 0 Å². The number of aromatic nitrogens is 1. The Morgan fingerprint density at radius 1 is 1.36 bits per heavy atom. The number of carbonyl (C=O) groups is 1. The van der Waals surface area contributed by atoms with Crippen LogP contribution in [0.25, 0.3) is 0 Å². The van der Waals surface area contributed by atoms with E-state index in [1.54, 1.807) is 12.3 Å². The number of hydrogen-bond acceptors (Lipinski definition) is 3. The van der Waals surface area contributed by atoms with Crippen molar-refractivity contribution in [1.29, 1.82) is 0 Å². The zero-order valence-electron chi connectivity index (χ0n) is 12.0. The minimum atomic E-state index is -0.340. The maximum Gasteiger partial charge on any atom is 0.271 e. The number of nitrogens with one attached hydrogen (secondary N) is 3. The second-order valence-electron chi connectivity index (χ2n) is 5.74. The van der Waals surface area contributed by atoms with Crippen LogP contribution in [0.2, 0.25) is 0 Å². The van der Waals surface area contributed by atoms with Crippen molar-refractivity contribution in [2.24, 2.45) is 11.3 Å². The van der Waals surface area contributed by atoms with Gasteiger partial charge >= 0.3 is 0 Å². The molecule has 0 unspecified atom stereocenters. The summed E-state index contributed by atoms with van der Waals surface area (Å²) in [4.78, 5) is 27.1. The molecule has 1 amide bonds. The standard InChI is InChI=1S/C14H18BrN3O2.2ClH/c15-10-5-11(12(19)17-7-10)18-13(20)14-4-2-1-3-9(14)6-16-8-14;;/h5,7,9,16H,1-4,6,8H2,(H,17,19)(H,18,20);2*1H/t9-,14+;;/m0../s1. The fourth-order valence-corrected chi connectivity index (χ4v) is 3.83. The summed E-state index contributed by atoms with van der Waals surface area (Å²) in [6, 6.07) is 1.65. The normalized spacial score (nSPS) is 26.3. The van der Waals surface area contributed by atoms with E-state index in [0.717, 1.165) is 36.8 Å². The summed E-state index contributed by atoms with van der Waals surface area (Å²) in [5.74, 6) is 0.373. The van der Waals surface area contributed by atoms with Crippen molar-refractivity contribution in [2.75, 3.05) is 18.4 Å². The number of rotatable bonds is 2. The van der Waals surface area contributed by atoms with Crippen molar-refractivity contribution in [3.05, 3.63) is 27.1 Å². The molecule has 2 fully saturated rings. The van der Waals surface area contributed by atoms with Crippen LogP contribution in [-0.4, -0.2) is 24.0 Å². The summed E-state index contributed by atoms with van der Waals surface area (Å²) in [6.45, 7) is 1.62. The first-order valence-electron chi connectivity index (χ1n) is 7.02. The summed E-state index contributed by atoms with van der Waals surface area (Å²) < 4.78 is 0.745. The van der Waals surface area contributed by atoms with Crippen molar-refractivity contribution in [1.82, 2.24) is 10.3 Å². The molecule has 0 radical (unpaired) electrons. The number of carbonyl (C=O) groups excluding carboxylic acids is 1. The molecular weight excluding hydrogens is 393 g/mol. The Balaban J connectivity index is 0.00000121. The van der Waals surface area contributed by atoms with Gasteiger partial charge in [0.15, 0.2) is 0 Å². The molecule has 1 aromatic heterocycles. The molecule has 1 saturated carbocycles. The molecule has 1 aliphatic heterocycles. The van der Waals surface area contributed by atoms with Gasteiger partial charge in [-0.3, -0.25) is 9.59 Å². The van der Waals surface area contributed by atoms with E-state index in [1.165, 1.54) is 6.42 Å². The van der Waals surface area contributed by atoms with Gasteiger partial charge in [0.2, 0.25) is 5.91 Å². The van der Waals surface area contributed by atoms with Crippen LogP contribution in [0.1, 0.15) is 25.7 Å². The van der Waals surface area contributed by atoms with Crippen molar-refractivity contribution < 1.29 is 4.79 Å². The first kappa shape index (κ1) is 19.5. The highest BCUT2D eigenvalue weighted by Crippen LogP contribution is 2.44. The highest BCUT2D eigenvalue weighted by atomic mass is 79.9. The molecule has 1 aliphatic carbocycles. The van der Waals surface area contributed by atoms with Gasteiger partial charge in [0.1, 0.15) is 5.69 Å². The number of hydrogen-bond donors (Lipinski definition) is 3. The Morgan fingerprint density at radius 2 is 2.14 bits per heavy atom. The number of anilines is 1. The summed E-state index contributed by atoms with van der Waals surface area (Å²) >= 11 is 3.30. The predicted octanol–water partition coefficient (Wildman–Crippen LogP) is 2.70. The number of pyridine rings is 1. The first-order valence-corrected chi connectivity index (χ1v) is 7.81. The number of halogens is 3. The molecule has 5 nitrogen and oxygen atoms in total. The van der Waals surface area contributed by atoms with Gasteiger partial charge in [0.25, 0.3) is 5.56 Å². The third-order valence-electron chi connectivity index (χ3n) is 4.61. The molecular formula is C14H20BrCl2N3O2. The van der Waals surface area contributed by atoms with Gasteiger partial charge in [-0.1, -0.05) is 12.8 Å². The lowest BCUT2D eigenvalue weighted by molar-refractivity contribution is -0.128. The van der Waals surface area contributed by atoms with Gasteiger partial charge in [-0.15, -0.1) is 24.8 Å². The van der Waals surface area contributed by atoms with Crippen LogP contribution in [0.15, 0.2) is 21.5 Å². The average molecular weight is 413 g/mol. The van der Waals surface area contributed by atoms with Gasteiger partial charge in [-0.25, -0.2) is 0 Å². The maximum absolute atomic E-state index is 12.7. The largest absolute Gasteiger partial charge is 0.326 e. The fraction of sp³-hybridized carbons (Fsp3) is 0.571. The smallest absolute Gasteiger partial charge is 0.271 e. The second-order valence-corrected chi connectivity index (χ2v) is 6.66.